The van der Waals surface area contributed by atoms with Crippen LogP contribution in [-0.2, 0) is 9.53 Å². The summed E-state index contributed by atoms with van der Waals surface area (Å²) in [7, 11) is 0. The minimum Gasteiger partial charge on any atom is -0.379 e. The molecule has 1 saturated heterocycles. The summed E-state index contributed by atoms with van der Waals surface area (Å²) in [5.74, 6) is 0.151. The predicted octanol–water partition coefficient (Wildman–Crippen LogP) is 2.39. The Morgan fingerprint density at radius 2 is 1.84 bits per heavy atom. The predicted molar refractivity (Wildman–Crippen MR) is 101 cm³/mol. The molecule has 5 nitrogen and oxygen atoms in total. The topological polar surface area (TPSA) is 67.6 Å². The third-order valence-electron chi connectivity index (χ3n) is 4.80. The van der Waals surface area contributed by atoms with Crippen molar-refractivity contribution in [2.24, 2.45) is 5.73 Å². The van der Waals surface area contributed by atoms with E-state index in [-0.39, 0.29) is 11.9 Å². The summed E-state index contributed by atoms with van der Waals surface area (Å²) in [6.45, 7) is 6.84. The number of nitrogens with one attached hydrogen (secondary N) is 1. The number of carbonyl (C=O) groups excluding carboxylic acids is 1. The van der Waals surface area contributed by atoms with Crippen molar-refractivity contribution in [1.82, 2.24) is 10.2 Å². The van der Waals surface area contributed by atoms with Gasteiger partial charge in [-0.1, -0.05) is 42.7 Å². The summed E-state index contributed by atoms with van der Waals surface area (Å²) in [6.07, 6.45) is 4.79. The molecule has 1 fully saturated rings. The first kappa shape index (κ1) is 19.9. The van der Waals surface area contributed by atoms with Gasteiger partial charge in [0.15, 0.2) is 0 Å². The van der Waals surface area contributed by atoms with E-state index in [1.165, 1.54) is 11.1 Å². The number of nitrogens with zero attached hydrogens (tertiary/aromatic N) is 1. The second kappa shape index (κ2) is 11.2. The highest BCUT2D eigenvalue weighted by molar-refractivity contribution is 5.75. The number of unbranched alkanes of at least 4 members (excludes halogenated alkanes) is 3. The first-order valence-corrected chi connectivity index (χ1v) is 9.56. The van der Waals surface area contributed by atoms with Crippen molar-refractivity contribution < 1.29 is 9.53 Å². The monoisotopic (exact) mass is 347 g/mol. The van der Waals surface area contributed by atoms with E-state index in [9.17, 15) is 4.79 Å². The fourth-order valence-corrected chi connectivity index (χ4v) is 3.22. The molecular formula is C20H33N3O2. The molecule has 0 spiro atoms. The second-order valence-corrected chi connectivity index (χ2v) is 6.83. The molecule has 1 unspecified atom stereocenters. The first-order chi connectivity index (χ1) is 12.2. The fourth-order valence-electron chi connectivity index (χ4n) is 3.22. The van der Waals surface area contributed by atoms with Gasteiger partial charge < -0.3 is 15.8 Å². The summed E-state index contributed by atoms with van der Waals surface area (Å²) >= 11 is 0. The van der Waals surface area contributed by atoms with Gasteiger partial charge in [-0.15, -0.1) is 0 Å². The highest BCUT2D eigenvalue weighted by atomic mass is 16.5. The minimum absolute atomic E-state index is 0.151. The second-order valence-electron chi connectivity index (χ2n) is 6.83. The van der Waals surface area contributed by atoms with Crippen LogP contribution in [0, 0.1) is 6.92 Å². The Kier molecular flexibility index (Phi) is 8.94. The quantitative estimate of drug-likeness (QED) is 0.638. The Bertz CT molecular complexity index is 498. The van der Waals surface area contributed by atoms with Crippen LogP contribution in [0.2, 0.25) is 0 Å². The zero-order valence-corrected chi connectivity index (χ0v) is 15.5. The lowest BCUT2D eigenvalue weighted by atomic mass is 10.0. The zero-order chi connectivity index (χ0) is 17.9. The van der Waals surface area contributed by atoms with E-state index in [1.54, 1.807) is 0 Å². The van der Waals surface area contributed by atoms with Crippen LogP contribution in [0.3, 0.4) is 0 Å². The molecule has 0 radical (unpaired) electrons. The van der Waals surface area contributed by atoms with Crippen LogP contribution in [0.1, 0.15) is 49.3 Å². The number of amides is 1. The van der Waals surface area contributed by atoms with E-state index in [0.29, 0.717) is 13.0 Å². The van der Waals surface area contributed by atoms with Crippen LogP contribution < -0.4 is 11.1 Å². The van der Waals surface area contributed by atoms with Crippen LogP contribution in [-0.4, -0.2) is 50.2 Å². The molecule has 25 heavy (non-hydrogen) atoms. The average Bonchev–Trinajstić information content (AvgIpc) is 2.64. The van der Waals surface area contributed by atoms with E-state index in [1.807, 2.05) is 0 Å². The normalized spacial score (nSPS) is 16.6. The number of rotatable bonds is 10. The number of carbonyl (C=O) groups is 1. The fraction of sp³-hybridized carbons (Fsp3) is 0.650. The van der Waals surface area contributed by atoms with Crippen LogP contribution in [0.4, 0.5) is 0 Å². The highest BCUT2D eigenvalue weighted by Crippen LogP contribution is 2.22. The molecule has 0 saturated carbocycles. The molecule has 3 N–H and O–H groups in total. The summed E-state index contributed by atoms with van der Waals surface area (Å²) in [4.78, 5) is 14.6. The Labute approximate surface area is 151 Å². The van der Waals surface area contributed by atoms with E-state index in [2.05, 4.69) is 41.4 Å². The first-order valence-electron chi connectivity index (χ1n) is 9.56. The summed E-state index contributed by atoms with van der Waals surface area (Å²) in [5, 5.41) is 3.14. The average molecular weight is 348 g/mol. The largest absolute Gasteiger partial charge is 0.379 e. The van der Waals surface area contributed by atoms with Gasteiger partial charge in [0.1, 0.15) is 0 Å². The molecule has 1 aliphatic heterocycles. The van der Waals surface area contributed by atoms with Crippen molar-refractivity contribution in [2.75, 3.05) is 39.4 Å². The van der Waals surface area contributed by atoms with Gasteiger partial charge in [0.2, 0.25) is 5.91 Å². The third kappa shape index (κ3) is 7.14. The van der Waals surface area contributed by atoms with Gasteiger partial charge in [0, 0.05) is 26.1 Å². The molecule has 140 valence electrons. The molecule has 1 aromatic carbocycles. The maximum Gasteiger partial charge on any atom is 0.220 e. The Hall–Kier alpha value is -1.43. The smallest absolute Gasteiger partial charge is 0.220 e. The molecule has 1 amide bonds. The van der Waals surface area contributed by atoms with E-state index >= 15 is 0 Å². The minimum atomic E-state index is 0.151. The standard InChI is InChI=1S/C20H33N3O2/c1-17-7-9-18(10-8-17)19(23-12-14-25-15-13-23)16-22-20(24)6-4-2-3-5-11-21/h7-10,19H,2-6,11-16,21H2,1H3,(H,22,24). The number of benzene rings is 1. The molecule has 5 heteroatoms. The Morgan fingerprint density at radius 3 is 2.52 bits per heavy atom. The van der Waals surface area contributed by atoms with Gasteiger partial charge in [-0.3, -0.25) is 9.69 Å². The van der Waals surface area contributed by atoms with E-state index in [4.69, 9.17) is 10.5 Å². The molecule has 0 aliphatic carbocycles. The Morgan fingerprint density at radius 1 is 1.16 bits per heavy atom. The van der Waals surface area contributed by atoms with Gasteiger partial charge >= 0.3 is 0 Å². The summed E-state index contributed by atoms with van der Waals surface area (Å²) < 4.78 is 5.48. The molecular weight excluding hydrogens is 314 g/mol. The molecule has 1 heterocycles. The van der Waals surface area contributed by atoms with Gasteiger partial charge in [0.05, 0.1) is 19.3 Å². The molecule has 1 aromatic rings. The number of aryl methyl sites for hydroxylation is 1. The van der Waals surface area contributed by atoms with E-state index in [0.717, 1.165) is 58.5 Å². The lowest BCUT2D eigenvalue weighted by Gasteiger charge is -2.35. The third-order valence-corrected chi connectivity index (χ3v) is 4.80. The van der Waals surface area contributed by atoms with Crippen LogP contribution >= 0.6 is 0 Å². The molecule has 0 bridgehead atoms. The molecule has 1 aliphatic rings. The molecule has 1 atom stereocenters. The maximum atomic E-state index is 12.2. The van der Waals surface area contributed by atoms with Crippen molar-refractivity contribution in [3.05, 3.63) is 35.4 Å². The lowest BCUT2D eigenvalue weighted by Crippen LogP contribution is -2.43. The van der Waals surface area contributed by atoms with Crippen molar-refractivity contribution in [3.8, 4) is 0 Å². The van der Waals surface area contributed by atoms with Crippen molar-refractivity contribution in [1.29, 1.82) is 0 Å². The molecule has 0 aromatic heterocycles. The van der Waals surface area contributed by atoms with Gasteiger partial charge in [-0.05, 0) is 31.9 Å². The van der Waals surface area contributed by atoms with Gasteiger partial charge in [-0.2, -0.15) is 0 Å². The number of ether oxygens (including phenoxy) is 1. The number of morpholine rings is 1. The summed E-state index contributed by atoms with van der Waals surface area (Å²) in [6, 6.07) is 8.85. The lowest BCUT2D eigenvalue weighted by molar-refractivity contribution is -0.121. The van der Waals surface area contributed by atoms with Gasteiger partial charge in [-0.25, -0.2) is 0 Å². The number of hydrogen-bond donors (Lipinski definition) is 2. The zero-order valence-electron chi connectivity index (χ0n) is 15.5. The van der Waals surface area contributed by atoms with Crippen molar-refractivity contribution in [3.63, 3.8) is 0 Å². The maximum absolute atomic E-state index is 12.2. The number of hydrogen-bond acceptors (Lipinski definition) is 4. The number of nitrogens with two attached hydrogens (primary N) is 1. The SMILES string of the molecule is Cc1ccc(C(CNC(=O)CCCCCCN)N2CCOCC2)cc1. The van der Waals surface area contributed by atoms with E-state index < -0.39 is 0 Å². The van der Waals surface area contributed by atoms with Crippen LogP contribution in [0.15, 0.2) is 24.3 Å². The van der Waals surface area contributed by atoms with Crippen molar-refractivity contribution in [2.45, 2.75) is 45.1 Å². The highest BCUT2D eigenvalue weighted by Gasteiger charge is 2.23. The van der Waals surface area contributed by atoms with Gasteiger partial charge in [0.25, 0.3) is 0 Å². The van der Waals surface area contributed by atoms with Crippen LogP contribution in [0.25, 0.3) is 0 Å². The van der Waals surface area contributed by atoms with Crippen LogP contribution in [0.5, 0.6) is 0 Å². The molecule has 2 rings (SSSR count). The summed E-state index contributed by atoms with van der Waals surface area (Å²) in [5.41, 5.74) is 8.01. The Balaban J connectivity index is 1.85. The van der Waals surface area contributed by atoms with Crippen molar-refractivity contribution >= 4 is 5.91 Å².